The van der Waals surface area contributed by atoms with Crippen LogP contribution in [0.1, 0.15) is 37.5 Å². The topological polar surface area (TPSA) is 88.6 Å². The molecule has 1 atom stereocenters. The molecule has 0 aliphatic carbocycles. The number of rotatable bonds is 3. The van der Waals surface area contributed by atoms with Crippen LogP contribution in [0.25, 0.3) is 16.9 Å². The van der Waals surface area contributed by atoms with Gasteiger partial charge in [0.15, 0.2) is 0 Å². The van der Waals surface area contributed by atoms with Crippen LogP contribution in [0.4, 0.5) is 0 Å². The molecule has 0 unspecified atom stereocenters. The van der Waals surface area contributed by atoms with Crippen molar-refractivity contribution in [2.24, 2.45) is 0 Å². The molecule has 0 bridgehead atoms. The molecule has 27 heavy (non-hydrogen) atoms. The number of hydrogen-bond acceptors (Lipinski definition) is 6. The normalized spacial score (nSPS) is 21.2. The molecule has 0 radical (unpaired) electrons. The Morgan fingerprint density at radius 2 is 2.15 bits per heavy atom. The molecule has 2 saturated heterocycles. The first-order valence-corrected chi connectivity index (χ1v) is 9.56. The summed E-state index contributed by atoms with van der Waals surface area (Å²) in [6.45, 7) is 2.45. The van der Waals surface area contributed by atoms with Gasteiger partial charge in [-0.3, -0.25) is 4.79 Å². The van der Waals surface area contributed by atoms with Crippen LogP contribution in [0.5, 0.6) is 0 Å². The Balaban J connectivity index is 1.26. The van der Waals surface area contributed by atoms with Crippen molar-refractivity contribution in [1.29, 1.82) is 0 Å². The zero-order valence-electron chi connectivity index (χ0n) is 15.0. The smallest absolute Gasteiger partial charge is 0.239 e. The van der Waals surface area contributed by atoms with Gasteiger partial charge in [-0.05, 0) is 44.4 Å². The lowest BCUT2D eigenvalue weighted by Gasteiger charge is -2.32. The van der Waals surface area contributed by atoms with E-state index in [9.17, 15) is 4.79 Å². The number of likely N-dealkylation sites (tertiary alicyclic amines) is 1. The highest BCUT2D eigenvalue weighted by atomic mass is 16.5. The van der Waals surface area contributed by atoms with Gasteiger partial charge in [0.2, 0.25) is 17.6 Å². The maximum Gasteiger partial charge on any atom is 0.239 e. The molecule has 5 heterocycles. The summed E-state index contributed by atoms with van der Waals surface area (Å²) >= 11 is 0. The monoisotopic (exact) mass is 366 g/mol. The number of amides is 1. The van der Waals surface area contributed by atoms with Gasteiger partial charge in [0.25, 0.3) is 0 Å². The van der Waals surface area contributed by atoms with Crippen molar-refractivity contribution < 1.29 is 9.32 Å². The number of fused-ring (bicyclic) bond motifs is 1. The highest BCUT2D eigenvalue weighted by Gasteiger charge is 2.32. The lowest BCUT2D eigenvalue weighted by molar-refractivity contribution is -0.134. The molecule has 0 aromatic carbocycles. The molecule has 5 rings (SSSR count). The summed E-state index contributed by atoms with van der Waals surface area (Å²) in [6.07, 6.45) is 9.27. The van der Waals surface area contributed by atoms with E-state index in [2.05, 4.69) is 20.4 Å². The van der Waals surface area contributed by atoms with E-state index in [0.717, 1.165) is 56.4 Å². The zero-order chi connectivity index (χ0) is 18.2. The fourth-order valence-corrected chi connectivity index (χ4v) is 4.04. The van der Waals surface area contributed by atoms with E-state index in [1.807, 2.05) is 27.6 Å². The second kappa shape index (κ2) is 6.77. The van der Waals surface area contributed by atoms with Crippen molar-refractivity contribution in [3.63, 3.8) is 0 Å². The lowest BCUT2D eigenvalue weighted by atomic mass is 9.96. The Hall–Kier alpha value is -2.74. The number of carbonyl (C=O) groups is 1. The standard InChI is InChI=1S/C19H22N6O2/c26-19(16-2-1-6-21-16)24-7-3-13(4-8-24)18-22-17(23-27-18)14-5-9-25-12-20-11-15(25)10-14/h5,9-13,16,21H,1-4,6-8H2/t16-/m0/s1. The maximum atomic E-state index is 12.5. The molecular formula is C19H22N6O2. The summed E-state index contributed by atoms with van der Waals surface area (Å²) in [5, 5.41) is 7.45. The fourth-order valence-electron chi connectivity index (χ4n) is 4.04. The van der Waals surface area contributed by atoms with E-state index >= 15 is 0 Å². The molecule has 0 spiro atoms. The Morgan fingerprint density at radius 3 is 2.96 bits per heavy atom. The minimum atomic E-state index is 0.00928. The first-order chi connectivity index (χ1) is 13.3. The van der Waals surface area contributed by atoms with Crippen LogP contribution < -0.4 is 5.32 Å². The molecule has 1 amide bonds. The number of hydrogen-bond donors (Lipinski definition) is 1. The SMILES string of the molecule is O=C([C@@H]1CCCN1)N1CCC(c2nc(-c3ccn4cncc4c3)no2)CC1. The van der Waals surface area contributed by atoms with E-state index in [-0.39, 0.29) is 17.9 Å². The third-order valence-electron chi connectivity index (χ3n) is 5.63. The van der Waals surface area contributed by atoms with E-state index in [1.165, 1.54) is 0 Å². The second-order valence-corrected chi connectivity index (χ2v) is 7.35. The molecule has 2 aliphatic rings. The number of aromatic nitrogens is 4. The zero-order valence-corrected chi connectivity index (χ0v) is 15.0. The van der Waals surface area contributed by atoms with Crippen LogP contribution in [0.3, 0.4) is 0 Å². The van der Waals surface area contributed by atoms with E-state index < -0.39 is 0 Å². The highest BCUT2D eigenvalue weighted by molar-refractivity contribution is 5.82. The summed E-state index contributed by atoms with van der Waals surface area (Å²) in [7, 11) is 0. The quantitative estimate of drug-likeness (QED) is 0.761. The van der Waals surface area contributed by atoms with Crippen LogP contribution in [0, 0.1) is 0 Å². The highest BCUT2D eigenvalue weighted by Crippen LogP contribution is 2.29. The molecule has 2 fully saturated rings. The third kappa shape index (κ3) is 3.10. The Kier molecular flexibility index (Phi) is 4.12. The van der Waals surface area contributed by atoms with Crippen molar-refractivity contribution in [3.8, 4) is 11.4 Å². The molecule has 0 saturated carbocycles. The van der Waals surface area contributed by atoms with Crippen molar-refractivity contribution in [2.75, 3.05) is 19.6 Å². The molecule has 140 valence electrons. The van der Waals surface area contributed by atoms with E-state index in [1.54, 1.807) is 12.5 Å². The van der Waals surface area contributed by atoms with Gasteiger partial charge in [-0.2, -0.15) is 4.98 Å². The molecule has 3 aromatic heterocycles. The number of pyridine rings is 1. The van der Waals surface area contributed by atoms with E-state index in [4.69, 9.17) is 4.52 Å². The Labute approximate surface area is 156 Å². The summed E-state index contributed by atoms with van der Waals surface area (Å²) in [5.41, 5.74) is 1.91. The predicted octanol–water partition coefficient (Wildman–Crippen LogP) is 1.84. The lowest BCUT2D eigenvalue weighted by Crippen LogP contribution is -2.46. The fraction of sp³-hybridized carbons (Fsp3) is 0.474. The van der Waals surface area contributed by atoms with Crippen LogP contribution in [-0.2, 0) is 4.79 Å². The van der Waals surface area contributed by atoms with Gasteiger partial charge in [-0.15, -0.1) is 0 Å². The largest absolute Gasteiger partial charge is 0.341 e. The average molecular weight is 366 g/mol. The molecule has 8 nitrogen and oxygen atoms in total. The molecule has 3 aromatic rings. The van der Waals surface area contributed by atoms with Gasteiger partial charge >= 0.3 is 0 Å². The van der Waals surface area contributed by atoms with Crippen molar-refractivity contribution >= 4 is 11.4 Å². The molecule has 8 heteroatoms. The summed E-state index contributed by atoms with van der Waals surface area (Å²) in [4.78, 5) is 23.2. The number of piperidine rings is 1. The molecule has 1 N–H and O–H groups in total. The van der Waals surface area contributed by atoms with Crippen LogP contribution in [0.15, 0.2) is 35.4 Å². The van der Waals surface area contributed by atoms with Crippen molar-refractivity contribution in [2.45, 2.75) is 37.6 Å². The van der Waals surface area contributed by atoms with Crippen LogP contribution in [-0.4, -0.2) is 56.0 Å². The van der Waals surface area contributed by atoms with Gasteiger partial charge in [0, 0.05) is 30.8 Å². The van der Waals surface area contributed by atoms with Gasteiger partial charge in [-0.1, -0.05) is 5.16 Å². The summed E-state index contributed by atoms with van der Waals surface area (Å²) in [6, 6.07) is 3.96. The van der Waals surface area contributed by atoms with Crippen LogP contribution >= 0.6 is 0 Å². The van der Waals surface area contributed by atoms with Gasteiger partial charge < -0.3 is 19.1 Å². The summed E-state index contributed by atoms with van der Waals surface area (Å²) in [5.74, 6) is 1.73. The molecular weight excluding hydrogens is 344 g/mol. The van der Waals surface area contributed by atoms with Gasteiger partial charge in [0.1, 0.15) is 0 Å². The van der Waals surface area contributed by atoms with Gasteiger partial charge in [0.05, 0.1) is 24.1 Å². The molecule has 2 aliphatic heterocycles. The average Bonchev–Trinajstić information content (AvgIpc) is 3.48. The predicted molar refractivity (Wildman–Crippen MR) is 98.1 cm³/mol. The van der Waals surface area contributed by atoms with Gasteiger partial charge in [-0.25, -0.2) is 4.98 Å². The first kappa shape index (κ1) is 16.4. The Morgan fingerprint density at radius 1 is 1.26 bits per heavy atom. The minimum absolute atomic E-state index is 0.00928. The number of nitrogens with zero attached hydrogens (tertiary/aromatic N) is 5. The number of carbonyl (C=O) groups excluding carboxylic acids is 1. The maximum absolute atomic E-state index is 12.5. The Bertz CT molecular complexity index is 950. The third-order valence-corrected chi connectivity index (χ3v) is 5.63. The number of nitrogens with one attached hydrogen (secondary N) is 1. The van der Waals surface area contributed by atoms with Crippen molar-refractivity contribution in [3.05, 3.63) is 36.7 Å². The minimum Gasteiger partial charge on any atom is -0.341 e. The van der Waals surface area contributed by atoms with Crippen LogP contribution in [0.2, 0.25) is 0 Å². The van der Waals surface area contributed by atoms with Crippen molar-refractivity contribution in [1.82, 2.24) is 29.7 Å². The summed E-state index contributed by atoms with van der Waals surface area (Å²) < 4.78 is 7.49. The number of imidazole rings is 1. The van der Waals surface area contributed by atoms with E-state index in [0.29, 0.717) is 11.7 Å². The second-order valence-electron chi connectivity index (χ2n) is 7.35. The first-order valence-electron chi connectivity index (χ1n) is 9.56.